The van der Waals surface area contributed by atoms with Gasteiger partial charge in [-0.25, -0.2) is 13.2 Å². The van der Waals surface area contributed by atoms with Gasteiger partial charge in [-0.2, -0.15) is 5.10 Å². The second kappa shape index (κ2) is 6.49. The van der Waals surface area contributed by atoms with E-state index in [0.717, 1.165) is 6.42 Å². The molecule has 2 aromatic rings. The van der Waals surface area contributed by atoms with Crippen molar-refractivity contribution < 1.29 is 13.2 Å². The molecule has 1 atom stereocenters. The summed E-state index contributed by atoms with van der Waals surface area (Å²) in [7, 11) is 1.63. The number of hydrogen-bond acceptors (Lipinski definition) is 2. The third-order valence-electron chi connectivity index (χ3n) is 3.14. The average Bonchev–Trinajstić information content (AvgIpc) is 2.72. The van der Waals surface area contributed by atoms with E-state index in [9.17, 15) is 13.2 Å². The molecule has 0 saturated heterocycles. The first-order valence-corrected chi connectivity index (χ1v) is 6.88. The van der Waals surface area contributed by atoms with Crippen LogP contribution in [0.3, 0.4) is 0 Å². The number of rotatable bonds is 5. The SMILES string of the molecule is CCCNC(c1c(F)cc(F)cc1F)c1c(Cl)cnn1C. The summed E-state index contributed by atoms with van der Waals surface area (Å²) >= 11 is 6.06. The van der Waals surface area contributed by atoms with Crippen LogP contribution in [0.1, 0.15) is 30.6 Å². The number of halogens is 4. The van der Waals surface area contributed by atoms with Gasteiger partial charge < -0.3 is 5.32 Å². The molecule has 0 aliphatic carbocycles. The maximum absolute atomic E-state index is 14.1. The Labute approximate surface area is 125 Å². The van der Waals surface area contributed by atoms with Crippen LogP contribution in [-0.4, -0.2) is 16.3 Å². The van der Waals surface area contributed by atoms with Crippen LogP contribution in [0.4, 0.5) is 13.2 Å². The van der Waals surface area contributed by atoms with Crippen LogP contribution in [0, 0.1) is 17.5 Å². The fraction of sp³-hybridized carbons (Fsp3) is 0.357. The van der Waals surface area contributed by atoms with E-state index in [0.29, 0.717) is 24.4 Å². The summed E-state index contributed by atoms with van der Waals surface area (Å²) in [5.74, 6) is -2.88. The van der Waals surface area contributed by atoms with Crippen molar-refractivity contribution >= 4 is 11.6 Å². The van der Waals surface area contributed by atoms with Crippen molar-refractivity contribution in [1.82, 2.24) is 15.1 Å². The van der Waals surface area contributed by atoms with Crippen LogP contribution in [0.2, 0.25) is 5.02 Å². The summed E-state index contributed by atoms with van der Waals surface area (Å²) in [6, 6.07) is 0.470. The molecule has 0 amide bonds. The van der Waals surface area contributed by atoms with Gasteiger partial charge in [0.2, 0.25) is 0 Å². The Morgan fingerprint density at radius 2 is 1.90 bits per heavy atom. The zero-order valence-electron chi connectivity index (χ0n) is 11.6. The van der Waals surface area contributed by atoms with E-state index in [4.69, 9.17) is 11.6 Å². The van der Waals surface area contributed by atoms with Gasteiger partial charge in [0.15, 0.2) is 0 Å². The summed E-state index contributed by atoms with van der Waals surface area (Å²) in [4.78, 5) is 0. The number of aromatic nitrogens is 2. The highest BCUT2D eigenvalue weighted by Gasteiger charge is 2.27. The van der Waals surface area contributed by atoms with Gasteiger partial charge in [0.1, 0.15) is 17.5 Å². The van der Waals surface area contributed by atoms with Gasteiger partial charge in [-0.15, -0.1) is 0 Å². The molecule has 0 spiro atoms. The van der Waals surface area contributed by atoms with E-state index >= 15 is 0 Å². The molecule has 3 nitrogen and oxygen atoms in total. The summed E-state index contributed by atoms with van der Waals surface area (Å²) in [6.07, 6.45) is 2.16. The summed E-state index contributed by atoms with van der Waals surface area (Å²) in [5.41, 5.74) is 0.157. The highest BCUT2D eigenvalue weighted by molar-refractivity contribution is 6.31. The fourth-order valence-corrected chi connectivity index (χ4v) is 2.47. The lowest BCUT2D eigenvalue weighted by Crippen LogP contribution is -2.27. The van der Waals surface area contributed by atoms with Gasteiger partial charge in [-0.3, -0.25) is 4.68 Å². The van der Waals surface area contributed by atoms with E-state index in [1.54, 1.807) is 7.05 Å². The van der Waals surface area contributed by atoms with Crippen LogP contribution in [-0.2, 0) is 7.05 Å². The van der Waals surface area contributed by atoms with Crippen LogP contribution >= 0.6 is 11.6 Å². The lowest BCUT2D eigenvalue weighted by Gasteiger charge is -2.21. The molecule has 1 aromatic carbocycles. The third-order valence-corrected chi connectivity index (χ3v) is 3.43. The first-order chi connectivity index (χ1) is 9.95. The van der Waals surface area contributed by atoms with Crippen molar-refractivity contribution in [2.24, 2.45) is 7.05 Å². The van der Waals surface area contributed by atoms with Crippen molar-refractivity contribution in [2.45, 2.75) is 19.4 Å². The van der Waals surface area contributed by atoms with Gasteiger partial charge >= 0.3 is 0 Å². The van der Waals surface area contributed by atoms with Crippen LogP contribution in [0.5, 0.6) is 0 Å². The Hall–Kier alpha value is -1.53. The predicted molar refractivity (Wildman–Crippen MR) is 74.7 cm³/mol. The van der Waals surface area contributed by atoms with E-state index in [1.807, 2.05) is 6.92 Å². The largest absolute Gasteiger partial charge is 0.305 e. The van der Waals surface area contributed by atoms with E-state index in [1.165, 1.54) is 10.9 Å². The number of nitrogens with zero attached hydrogens (tertiary/aromatic N) is 2. The quantitative estimate of drug-likeness (QED) is 0.913. The highest BCUT2D eigenvalue weighted by Crippen LogP contribution is 2.31. The van der Waals surface area contributed by atoms with Gasteiger partial charge in [-0.1, -0.05) is 18.5 Å². The van der Waals surface area contributed by atoms with Gasteiger partial charge in [-0.05, 0) is 13.0 Å². The van der Waals surface area contributed by atoms with Crippen LogP contribution in [0.25, 0.3) is 0 Å². The Morgan fingerprint density at radius 3 is 2.38 bits per heavy atom. The van der Waals surface area contributed by atoms with Gasteiger partial charge in [0.25, 0.3) is 0 Å². The number of aryl methyl sites for hydroxylation is 1. The Morgan fingerprint density at radius 1 is 1.29 bits per heavy atom. The maximum Gasteiger partial charge on any atom is 0.134 e. The minimum atomic E-state index is -0.960. The minimum Gasteiger partial charge on any atom is -0.305 e. The molecule has 1 unspecified atom stereocenters. The highest BCUT2D eigenvalue weighted by atomic mass is 35.5. The van der Waals surface area contributed by atoms with Crippen LogP contribution in [0.15, 0.2) is 18.3 Å². The standard InChI is InChI=1S/C14H15ClF3N3/c1-3-4-19-13(14-9(15)7-20-21(14)2)12-10(17)5-8(16)6-11(12)18/h5-7,13,19H,3-4H2,1-2H3. The summed E-state index contributed by atoms with van der Waals surface area (Å²) in [6.45, 7) is 2.44. The van der Waals surface area contributed by atoms with Crippen molar-refractivity contribution in [3.05, 3.63) is 52.1 Å². The van der Waals surface area contributed by atoms with E-state index in [2.05, 4.69) is 10.4 Å². The topological polar surface area (TPSA) is 29.9 Å². The average molecular weight is 318 g/mol. The zero-order chi connectivity index (χ0) is 15.6. The lowest BCUT2D eigenvalue weighted by atomic mass is 10.0. The molecule has 2 rings (SSSR count). The molecule has 1 aromatic heterocycles. The molecular weight excluding hydrogens is 303 g/mol. The molecule has 1 heterocycles. The van der Waals surface area contributed by atoms with Crippen molar-refractivity contribution in [1.29, 1.82) is 0 Å². The van der Waals surface area contributed by atoms with Crippen molar-refractivity contribution in [3.63, 3.8) is 0 Å². The molecule has 0 aliphatic rings. The molecule has 7 heteroatoms. The second-order valence-electron chi connectivity index (χ2n) is 4.67. The summed E-state index contributed by atoms with van der Waals surface area (Å²) < 4.78 is 42.6. The number of benzene rings is 1. The zero-order valence-corrected chi connectivity index (χ0v) is 12.4. The molecule has 21 heavy (non-hydrogen) atoms. The number of nitrogens with one attached hydrogen (secondary N) is 1. The predicted octanol–water partition coefficient (Wildman–Crippen LogP) is 3.58. The normalized spacial score (nSPS) is 12.7. The molecule has 0 fully saturated rings. The van der Waals surface area contributed by atoms with Crippen LogP contribution < -0.4 is 5.32 Å². The first kappa shape index (κ1) is 15.9. The molecule has 0 saturated carbocycles. The number of hydrogen-bond donors (Lipinski definition) is 1. The lowest BCUT2D eigenvalue weighted by molar-refractivity contribution is 0.473. The molecule has 0 bridgehead atoms. The monoisotopic (exact) mass is 317 g/mol. The smallest absolute Gasteiger partial charge is 0.134 e. The van der Waals surface area contributed by atoms with Gasteiger partial charge in [0, 0.05) is 24.7 Å². The molecular formula is C14H15ClF3N3. The minimum absolute atomic E-state index is 0.268. The Balaban J connectivity index is 2.56. The maximum atomic E-state index is 14.1. The fourth-order valence-electron chi connectivity index (χ4n) is 2.20. The summed E-state index contributed by atoms with van der Waals surface area (Å²) in [5, 5.41) is 7.28. The van der Waals surface area contributed by atoms with Crippen molar-refractivity contribution in [3.8, 4) is 0 Å². The second-order valence-corrected chi connectivity index (χ2v) is 5.08. The molecule has 114 valence electrons. The van der Waals surface area contributed by atoms with E-state index < -0.39 is 23.5 Å². The molecule has 0 radical (unpaired) electrons. The van der Waals surface area contributed by atoms with Gasteiger partial charge in [0.05, 0.1) is 23.0 Å². The van der Waals surface area contributed by atoms with E-state index in [-0.39, 0.29) is 10.6 Å². The first-order valence-electron chi connectivity index (χ1n) is 6.51. The van der Waals surface area contributed by atoms with Crippen molar-refractivity contribution in [2.75, 3.05) is 6.54 Å². The molecule has 0 aliphatic heterocycles. The Kier molecular flexibility index (Phi) is 4.90. The Bertz CT molecular complexity index is 600. The molecule has 1 N–H and O–H groups in total. The third kappa shape index (κ3) is 3.22.